The summed E-state index contributed by atoms with van der Waals surface area (Å²) in [6.07, 6.45) is 12.1. The topological polar surface area (TPSA) is 45.5 Å². The van der Waals surface area contributed by atoms with Crippen LogP contribution in [0.1, 0.15) is 64.2 Å². The average Bonchev–Trinajstić information content (AvgIpc) is 2.91. The molecule has 0 saturated carbocycles. The van der Waals surface area contributed by atoms with Crippen molar-refractivity contribution >= 4 is 5.96 Å². The molecule has 4 atom stereocenters. The molecule has 5 nitrogen and oxygen atoms in total. The summed E-state index contributed by atoms with van der Waals surface area (Å²) in [4.78, 5) is 0. The van der Waals surface area contributed by atoms with E-state index in [0.29, 0.717) is 12.1 Å². The van der Waals surface area contributed by atoms with Gasteiger partial charge in [-0.25, -0.2) is 10.6 Å². The predicted molar refractivity (Wildman–Crippen MR) is 82.7 cm³/mol. The first kappa shape index (κ1) is 13.6. The van der Waals surface area contributed by atoms with Crippen LogP contribution in [-0.2, 0) is 9.47 Å². The average molecular weight is 306 g/mol. The fraction of sp³-hybridized carbons (Fsp3) is 0.941. The Morgan fingerprint density at radius 2 is 1.36 bits per heavy atom. The molecule has 2 N–H and O–H groups in total. The molecule has 3 saturated heterocycles. The highest BCUT2D eigenvalue weighted by atomic mass is 16.5. The molecule has 0 amide bonds. The highest BCUT2D eigenvalue weighted by Crippen LogP contribution is 2.41. The molecule has 22 heavy (non-hydrogen) atoms. The van der Waals surface area contributed by atoms with Crippen molar-refractivity contribution in [3.05, 3.63) is 0 Å². The van der Waals surface area contributed by atoms with Gasteiger partial charge in [-0.15, -0.1) is 0 Å². The number of ether oxygens (including phenoxy) is 2. The Bertz CT molecular complexity index is 450. The first-order chi connectivity index (χ1) is 10.8. The maximum absolute atomic E-state index is 6.24. The highest BCUT2D eigenvalue weighted by molar-refractivity contribution is 5.77. The minimum atomic E-state index is -0.121. The Kier molecular flexibility index (Phi) is 3.00. The fourth-order valence-electron chi connectivity index (χ4n) is 5.41. The lowest BCUT2D eigenvalue weighted by Crippen LogP contribution is -2.72. The van der Waals surface area contributed by atoms with E-state index in [1.807, 2.05) is 0 Å². The van der Waals surface area contributed by atoms with Gasteiger partial charge in [-0.3, -0.25) is 4.58 Å². The minimum absolute atomic E-state index is 0.121. The van der Waals surface area contributed by atoms with Gasteiger partial charge in [0, 0.05) is 25.7 Å². The van der Waals surface area contributed by atoms with Crippen molar-refractivity contribution in [2.75, 3.05) is 13.2 Å². The zero-order valence-corrected chi connectivity index (χ0v) is 13.4. The summed E-state index contributed by atoms with van der Waals surface area (Å²) in [5, 5.41) is 7.54. The molecule has 0 aliphatic carbocycles. The lowest BCUT2D eigenvalue weighted by molar-refractivity contribution is -0.602. The molecular formula is C17H28N3O2+. The summed E-state index contributed by atoms with van der Waals surface area (Å²) in [5.41, 5.74) is -0.242. The molecular weight excluding hydrogens is 278 g/mol. The Balaban J connectivity index is 1.47. The molecule has 0 aromatic heterocycles. The molecule has 0 unspecified atom stereocenters. The summed E-state index contributed by atoms with van der Waals surface area (Å²) in [6.45, 7) is 1.80. The second kappa shape index (κ2) is 4.84. The van der Waals surface area contributed by atoms with Crippen LogP contribution >= 0.6 is 0 Å². The Morgan fingerprint density at radius 1 is 0.818 bits per heavy atom. The van der Waals surface area contributed by atoms with E-state index in [1.165, 1.54) is 44.5 Å². The maximum atomic E-state index is 6.24. The van der Waals surface area contributed by atoms with Crippen LogP contribution in [0.3, 0.4) is 0 Å². The number of hydrogen-bond acceptors (Lipinski definition) is 4. The van der Waals surface area contributed by atoms with Gasteiger partial charge in [-0.1, -0.05) is 0 Å². The number of guanidine groups is 1. The molecule has 122 valence electrons. The number of nitrogens with one attached hydrogen (secondary N) is 2. The van der Waals surface area contributed by atoms with E-state index in [1.54, 1.807) is 0 Å². The van der Waals surface area contributed by atoms with Gasteiger partial charge < -0.3 is 9.47 Å². The van der Waals surface area contributed by atoms with Crippen LogP contribution in [0.25, 0.3) is 0 Å². The summed E-state index contributed by atoms with van der Waals surface area (Å²) < 4.78 is 15.1. The smallest absolute Gasteiger partial charge is 0.343 e. The van der Waals surface area contributed by atoms with Crippen LogP contribution in [0, 0.1) is 0 Å². The highest BCUT2D eigenvalue weighted by Gasteiger charge is 2.56. The van der Waals surface area contributed by atoms with Gasteiger partial charge in [-0.2, -0.15) is 0 Å². The molecule has 0 aromatic rings. The van der Waals surface area contributed by atoms with Gasteiger partial charge in [0.05, 0.1) is 25.3 Å². The van der Waals surface area contributed by atoms with Crippen LogP contribution in [0.5, 0.6) is 0 Å². The summed E-state index contributed by atoms with van der Waals surface area (Å²) in [7, 11) is 0. The molecule has 5 aliphatic heterocycles. The van der Waals surface area contributed by atoms with Crippen LogP contribution < -0.4 is 10.6 Å². The molecule has 5 heterocycles. The summed E-state index contributed by atoms with van der Waals surface area (Å²) >= 11 is 0. The van der Waals surface area contributed by atoms with Crippen molar-refractivity contribution in [2.45, 2.75) is 87.7 Å². The van der Waals surface area contributed by atoms with E-state index in [4.69, 9.17) is 9.47 Å². The van der Waals surface area contributed by atoms with E-state index in [-0.39, 0.29) is 11.4 Å². The molecule has 0 aromatic carbocycles. The number of nitrogens with zero attached hydrogens (tertiary/aromatic N) is 1. The van der Waals surface area contributed by atoms with Crippen molar-refractivity contribution in [1.82, 2.24) is 10.6 Å². The van der Waals surface area contributed by atoms with E-state index >= 15 is 0 Å². The van der Waals surface area contributed by atoms with Gasteiger partial charge in [0.25, 0.3) is 0 Å². The Hall–Kier alpha value is -0.810. The Morgan fingerprint density at radius 3 is 1.82 bits per heavy atom. The predicted octanol–water partition coefficient (Wildman–Crippen LogP) is 1.67. The van der Waals surface area contributed by atoms with E-state index in [2.05, 4.69) is 15.2 Å². The van der Waals surface area contributed by atoms with E-state index in [9.17, 15) is 0 Å². The van der Waals surface area contributed by atoms with Crippen molar-refractivity contribution in [2.24, 2.45) is 0 Å². The third-order valence-corrected chi connectivity index (χ3v) is 6.41. The minimum Gasteiger partial charge on any atom is -0.343 e. The molecule has 2 spiro atoms. The third-order valence-electron chi connectivity index (χ3n) is 6.41. The molecule has 5 heteroatoms. The number of hydrogen-bond donors (Lipinski definition) is 2. The first-order valence-electron chi connectivity index (χ1n) is 9.27. The second-order valence-corrected chi connectivity index (χ2v) is 7.90. The molecule has 5 rings (SSSR count). The SMILES string of the molecule is C1CC[C@@]2(C[C@@H]3CC[C@@H]4C[C@]5(CCCCO5)NC(=[N+]43)N2)OC1. The zero-order chi connectivity index (χ0) is 14.6. The first-order valence-corrected chi connectivity index (χ1v) is 9.27. The standard InChI is InChI=1S/C17H27N3O2/c1-3-9-21-16(7-1)11-13-5-6-14-12-17(8-2-4-10-22-17)19-15(18-16)20(13)14/h13-14H,1-12H2,(H,18,19)/p+1/t13-,14+,16-,17+. The fourth-order valence-corrected chi connectivity index (χ4v) is 5.41. The van der Waals surface area contributed by atoms with Crippen molar-refractivity contribution in [1.29, 1.82) is 0 Å². The quantitative estimate of drug-likeness (QED) is 0.668. The van der Waals surface area contributed by atoms with Gasteiger partial charge in [-0.05, 0) is 38.5 Å². The normalized spacial score (nSPS) is 47.3. The van der Waals surface area contributed by atoms with Gasteiger partial charge in [0.15, 0.2) is 11.4 Å². The van der Waals surface area contributed by atoms with Crippen molar-refractivity contribution in [3.63, 3.8) is 0 Å². The third kappa shape index (κ3) is 2.01. The molecule has 0 bridgehead atoms. The van der Waals surface area contributed by atoms with E-state index < -0.39 is 0 Å². The zero-order valence-electron chi connectivity index (χ0n) is 13.4. The lowest BCUT2D eigenvalue weighted by atomic mass is 9.91. The summed E-state index contributed by atoms with van der Waals surface area (Å²) in [6, 6.07) is 1.29. The lowest BCUT2D eigenvalue weighted by Gasteiger charge is -2.47. The van der Waals surface area contributed by atoms with Gasteiger partial charge in [0.2, 0.25) is 0 Å². The van der Waals surface area contributed by atoms with Crippen LogP contribution in [0.4, 0.5) is 0 Å². The van der Waals surface area contributed by atoms with Gasteiger partial charge >= 0.3 is 5.96 Å². The van der Waals surface area contributed by atoms with E-state index in [0.717, 1.165) is 38.9 Å². The Labute approximate surface area is 132 Å². The van der Waals surface area contributed by atoms with Crippen LogP contribution in [-0.4, -0.2) is 47.3 Å². The van der Waals surface area contributed by atoms with Crippen LogP contribution in [0.2, 0.25) is 0 Å². The van der Waals surface area contributed by atoms with Gasteiger partial charge in [0.1, 0.15) is 0 Å². The van der Waals surface area contributed by atoms with Crippen molar-refractivity contribution < 1.29 is 14.0 Å². The molecule has 0 radical (unpaired) electrons. The second-order valence-electron chi connectivity index (χ2n) is 7.90. The summed E-state index contributed by atoms with van der Waals surface area (Å²) in [5.74, 6) is 1.20. The number of rotatable bonds is 0. The van der Waals surface area contributed by atoms with Crippen LogP contribution in [0.15, 0.2) is 0 Å². The molecule has 5 aliphatic rings. The van der Waals surface area contributed by atoms with Crippen molar-refractivity contribution in [3.8, 4) is 0 Å². The largest absolute Gasteiger partial charge is 0.350 e. The maximum Gasteiger partial charge on any atom is 0.350 e. The molecule has 3 fully saturated rings. The monoisotopic (exact) mass is 306 g/mol.